The van der Waals surface area contributed by atoms with Gasteiger partial charge in [0.25, 0.3) is 0 Å². The maximum atomic E-state index is 8.83. The normalized spacial score (nSPS) is 9.28. The van der Waals surface area contributed by atoms with Gasteiger partial charge in [0.05, 0.1) is 17.2 Å². The molecule has 0 spiro atoms. The minimum Gasteiger partial charge on any atom is -0.439 e. The zero-order valence-corrected chi connectivity index (χ0v) is 9.71. The van der Waals surface area contributed by atoms with Gasteiger partial charge in [-0.15, -0.1) is 0 Å². The van der Waals surface area contributed by atoms with Gasteiger partial charge in [0.15, 0.2) is 0 Å². The van der Waals surface area contributed by atoms with Crippen molar-refractivity contribution in [2.75, 3.05) is 0 Å². The number of ether oxygens (including phenoxy) is 1. The highest BCUT2D eigenvalue weighted by atomic mass is 16.5. The van der Waals surface area contributed by atoms with Crippen LogP contribution in [0.25, 0.3) is 0 Å². The molecule has 1 aromatic carbocycles. The van der Waals surface area contributed by atoms with Crippen molar-refractivity contribution >= 4 is 0 Å². The van der Waals surface area contributed by atoms with E-state index in [1.165, 1.54) is 6.20 Å². The second-order valence-corrected chi connectivity index (χ2v) is 3.69. The predicted octanol–water partition coefficient (Wildman–Crippen LogP) is 2.93. The Labute approximate surface area is 105 Å². The van der Waals surface area contributed by atoms with Crippen LogP contribution in [-0.2, 0) is 0 Å². The van der Waals surface area contributed by atoms with E-state index in [0.717, 1.165) is 5.56 Å². The first-order valence-corrected chi connectivity index (χ1v) is 5.27. The Hall–Kier alpha value is -2.85. The molecule has 0 radical (unpaired) electrons. The molecule has 86 valence electrons. The molecule has 4 nitrogen and oxygen atoms in total. The third-order valence-corrected chi connectivity index (χ3v) is 2.40. The van der Waals surface area contributed by atoms with E-state index in [1.807, 2.05) is 19.1 Å². The van der Waals surface area contributed by atoms with Crippen LogP contribution in [0.3, 0.4) is 0 Å². The Morgan fingerprint density at radius 3 is 2.39 bits per heavy atom. The molecule has 0 aliphatic rings. The molecule has 0 unspecified atom stereocenters. The molecule has 4 heteroatoms. The van der Waals surface area contributed by atoms with Crippen LogP contribution in [0.2, 0.25) is 0 Å². The van der Waals surface area contributed by atoms with E-state index in [1.54, 1.807) is 24.3 Å². The SMILES string of the molecule is Cc1ccc(C#N)cc1Oc1ccc(C#N)cn1. The minimum absolute atomic E-state index is 0.396. The number of pyridine rings is 1. The largest absolute Gasteiger partial charge is 0.439 e. The number of aromatic nitrogens is 1. The van der Waals surface area contributed by atoms with E-state index in [9.17, 15) is 0 Å². The van der Waals surface area contributed by atoms with Gasteiger partial charge in [-0.25, -0.2) is 4.98 Å². The molecular weight excluding hydrogens is 226 g/mol. The average molecular weight is 235 g/mol. The fourth-order valence-corrected chi connectivity index (χ4v) is 1.40. The molecule has 0 aliphatic heterocycles. The summed E-state index contributed by atoms with van der Waals surface area (Å²) in [6, 6.07) is 12.5. The highest BCUT2D eigenvalue weighted by Gasteiger charge is 2.04. The molecule has 0 saturated carbocycles. The summed E-state index contributed by atoms with van der Waals surface area (Å²) in [4.78, 5) is 4.01. The summed E-state index contributed by atoms with van der Waals surface area (Å²) < 4.78 is 5.58. The summed E-state index contributed by atoms with van der Waals surface area (Å²) >= 11 is 0. The second-order valence-electron chi connectivity index (χ2n) is 3.69. The molecule has 0 N–H and O–H groups in total. The lowest BCUT2D eigenvalue weighted by atomic mass is 10.1. The fourth-order valence-electron chi connectivity index (χ4n) is 1.40. The molecule has 0 atom stereocenters. The number of benzene rings is 1. The number of nitrogens with zero attached hydrogens (tertiary/aromatic N) is 3. The van der Waals surface area contributed by atoms with Crippen LogP contribution >= 0.6 is 0 Å². The summed E-state index contributed by atoms with van der Waals surface area (Å²) in [6.45, 7) is 1.89. The van der Waals surface area contributed by atoms with Crippen LogP contribution in [0.1, 0.15) is 16.7 Å². The summed E-state index contributed by atoms with van der Waals surface area (Å²) in [7, 11) is 0. The number of nitriles is 2. The van der Waals surface area contributed by atoms with Crippen LogP contribution in [0, 0.1) is 29.6 Å². The maximum absolute atomic E-state index is 8.83. The second kappa shape index (κ2) is 4.99. The zero-order chi connectivity index (χ0) is 13.0. The van der Waals surface area contributed by atoms with Gasteiger partial charge in [0.2, 0.25) is 5.88 Å². The quantitative estimate of drug-likeness (QED) is 0.802. The Morgan fingerprint density at radius 2 is 1.78 bits per heavy atom. The lowest BCUT2D eigenvalue weighted by Gasteiger charge is -2.07. The van der Waals surface area contributed by atoms with Crippen molar-refractivity contribution in [2.24, 2.45) is 0 Å². The summed E-state index contributed by atoms with van der Waals surface area (Å²) in [5.74, 6) is 0.985. The molecule has 0 bridgehead atoms. The van der Waals surface area contributed by atoms with E-state index in [4.69, 9.17) is 15.3 Å². The van der Waals surface area contributed by atoms with Gasteiger partial charge in [-0.3, -0.25) is 0 Å². The Bertz CT molecular complexity index is 648. The first-order valence-electron chi connectivity index (χ1n) is 5.27. The molecule has 0 saturated heterocycles. The Morgan fingerprint density at radius 1 is 1.06 bits per heavy atom. The number of hydrogen-bond donors (Lipinski definition) is 0. The Kier molecular flexibility index (Phi) is 3.22. The van der Waals surface area contributed by atoms with Gasteiger partial charge in [-0.2, -0.15) is 10.5 Å². The summed E-state index contributed by atoms with van der Waals surface area (Å²) in [5.41, 5.74) is 1.93. The third-order valence-electron chi connectivity index (χ3n) is 2.40. The van der Waals surface area contributed by atoms with Crippen molar-refractivity contribution in [1.82, 2.24) is 4.98 Å². The van der Waals surface area contributed by atoms with Gasteiger partial charge < -0.3 is 4.74 Å². The van der Waals surface area contributed by atoms with Crippen LogP contribution in [0.5, 0.6) is 11.6 Å². The summed E-state index contributed by atoms with van der Waals surface area (Å²) in [5, 5.41) is 17.5. The van der Waals surface area contributed by atoms with Gasteiger partial charge in [0.1, 0.15) is 11.8 Å². The molecular formula is C14H9N3O. The number of hydrogen-bond acceptors (Lipinski definition) is 4. The zero-order valence-electron chi connectivity index (χ0n) is 9.71. The van der Waals surface area contributed by atoms with Crippen molar-refractivity contribution in [3.8, 4) is 23.8 Å². The highest BCUT2D eigenvalue weighted by Crippen LogP contribution is 2.24. The number of aryl methyl sites for hydroxylation is 1. The summed E-state index contributed by atoms with van der Waals surface area (Å²) in [6.07, 6.45) is 1.44. The molecule has 0 aliphatic carbocycles. The van der Waals surface area contributed by atoms with Crippen LogP contribution in [-0.4, -0.2) is 4.98 Å². The molecule has 0 amide bonds. The standard InChI is InChI=1S/C14H9N3O/c1-10-2-3-11(7-15)6-13(10)18-14-5-4-12(8-16)9-17-14/h2-6,9H,1H3. The van der Waals surface area contributed by atoms with Crippen molar-refractivity contribution in [2.45, 2.75) is 6.92 Å². The smallest absolute Gasteiger partial charge is 0.219 e. The molecule has 2 rings (SSSR count). The van der Waals surface area contributed by atoms with Crippen LogP contribution < -0.4 is 4.74 Å². The minimum atomic E-state index is 0.396. The van der Waals surface area contributed by atoms with Crippen molar-refractivity contribution in [3.05, 3.63) is 53.2 Å². The molecule has 1 heterocycles. The van der Waals surface area contributed by atoms with Crippen molar-refractivity contribution < 1.29 is 4.74 Å². The van der Waals surface area contributed by atoms with Crippen LogP contribution in [0.15, 0.2) is 36.5 Å². The number of rotatable bonds is 2. The molecule has 18 heavy (non-hydrogen) atoms. The lowest BCUT2D eigenvalue weighted by Crippen LogP contribution is -1.91. The van der Waals surface area contributed by atoms with Gasteiger partial charge >= 0.3 is 0 Å². The van der Waals surface area contributed by atoms with Crippen molar-refractivity contribution in [3.63, 3.8) is 0 Å². The molecule has 1 aromatic heterocycles. The van der Waals surface area contributed by atoms with E-state index in [0.29, 0.717) is 22.8 Å². The third kappa shape index (κ3) is 2.45. The maximum Gasteiger partial charge on any atom is 0.219 e. The van der Waals surface area contributed by atoms with Gasteiger partial charge in [-0.1, -0.05) is 6.07 Å². The highest BCUT2D eigenvalue weighted by molar-refractivity contribution is 5.43. The lowest BCUT2D eigenvalue weighted by molar-refractivity contribution is 0.459. The van der Waals surface area contributed by atoms with Crippen LogP contribution in [0.4, 0.5) is 0 Å². The first-order chi connectivity index (χ1) is 8.72. The molecule has 2 aromatic rings. The van der Waals surface area contributed by atoms with Crippen molar-refractivity contribution in [1.29, 1.82) is 10.5 Å². The Balaban J connectivity index is 2.28. The average Bonchev–Trinajstić information content (AvgIpc) is 2.42. The van der Waals surface area contributed by atoms with Gasteiger partial charge in [-0.05, 0) is 30.7 Å². The monoisotopic (exact) mass is 235 g/mol. The van der Waals surface area contributed by atoms with E-state index in [2.05, 4.69) is 11.1 Å². The molecule has 0 fully saturated rings. The predicted molar refractivity (Wildman–Crippen MR) is 64.9 cm³/mol. The van der Waals surface area contributed by atoms with E-state index < -0.39 is 0 Å². The van der Waals surface area contributed by atoms with Gasteiger partial charge in [0, 0.05) is 12.3 Å². The first kappa shape index (κ1) is 11.6. The fraction of sp³-hybridized carbons (Fsp3) is 0.0714. The topological polar surface area (TPSA) is 69.7 Å². The van der Waals surface area contributed by atoms with E-state index >= 15 is 0 Å². The van der Waals surface area contributed by atoms with E-state index in [-0.39, 0.29) is 0 Å².